The van der Waals surface area contributed by atoms with Crippen molar-refractivity contribution in [2.75, 3.05) is 7.11 Å². The molecule has 1 atom stereocenters. The molecule has 0 fully saturated rings. The zero-order valence-corrected chi connectivity index (χ0v) is 7.95. The normalized spacial score (nSPS) is 12.5. The monoisotopic (exact) mass is 182 g/mol. The largest absolute Gasteiger partial charge is 0.469 e. The lowest BCUT2D eigenvalue weighted by atomic mass is 10.0. The van der Waals surface area contributed by atoms with Crippen molar-refractivity contribution in [2.24, 2.45) is 5.92 Å². The highest BCUT2D eigenvalue weighted by Crippen LogP contribution is 2.13. The molecule has 1 aromatic rings. The van der Waals surface area contributed by atoms with Crippen LogP contribution in [-0.4, -0.2) is 13.1 Å². The third-order valence-electron chi connectivity index (χ3n) is 2.06. The molecule has 1 unspecified atom stereocenters. The van der Waals surface area contributed by atoms with Gasteiger partial charge in [0, 0.05) is 6.42 Å². The number of hydrogen-bond donors (Lipinski definition) is 0. The average Bonchev–Trinajstić information content (AvgIpc) is 2.65. The summed E-state index contributed by atoms with van der Waals surface area (Å²) in [6, 6.07) is 3.69. The second-order valence-electron chi connectivity index (χ2n) is 2.91. The van der Waals surface area contributed by atoms with Crippen LogP contribution in [0.1, 0.15) is 19.1 Å². The summed E-state index contributed by atoms with van der Waals surface area (Å²) in [6.45, 7) is 1.96. The van der Waals surface area contributed by atoms with Crippen molar-refractivity contribution in [3.05, 3.63) is 24.2 Å². The van der Waals surface area contributed by atoms with E-state index in [-0.39, 0.29) is 11.9 Å². The fourth-order valence-corrected chi connectivity index (χ4v) is 1.23. The van der Waals surface area contributed by atoms with Crippen molar-refractivity contribution >= 4 is 5.97 Å². The zero-order valence-electron chi connectivity index (χ0n) is 7.95. The molecule has 0 radical (unpaired) electrons. The summed E-state index contributed by atoms with van der Waals surface area (Å²) in [6.07, 6.45) is 3.00. The first-order valence-electron chi connectivity index (χ1n) is 4.38. The van der Waals surface area contributed by atoms with Gasteiger partial charge in [0.1, 0.15) is 5.76 Å². The van der Waals surface area contributed by atoms with Gasteiger partial charge in [-0.15, -0.1) is 0 Å². The Hall–Kier alpha value is -1.25. The Morgan fingerprint density at radius 3 is 2.92 bits per heavy atom. The lowest BCUT2D eigenvalue weighted by molar-refractivity contribution is -0.145. The number of rotatable bonds is 4. The van der Waals surface area contributed by atoms with Gasteiger partial charge in [0.25, 0.3) is 0 Å². The van der Waals surface area contributed by atoms with Crippen molar-refractivity contribution in [3.63, 3.8) is 0 Å². The average molecular weight is 182 g/mol. The van der Waals surface area contributed by atoms with Crippen LogP contribution in [0.5, 0.6) is 0 Å². The first-order chi connectivity index (χ1) is 6.27. The number of esters is 1. The van der Waals surface area contributed by atoms with E-state index in [0.717, 1.165) is 12.2 Å². The molecule has 0 aromatic carbocycles. The van der Waals surface area contributed by atoms with Gasteiger partial charge in [0.2, 0.25) is 0 Å². The highest BCUT2D eigenvalue weighted by atomic mass is 16.5. The molecule has 3 nitrogen and oxygen atoms in total. The Morgan fingerprint density at radius 1 is 1.69 bits per heavy atom. The van der Waals surface area contributed by atoms with Crippen molar-refractivity contribution in [3.8, 4) is 0 Å². The number of methoxy groups -OCH3 is 1. The van der Waals surface area contributed by atoms with Crippen molar-refractivity contribution in [1.82, 2.24) is 0 Å². The van der Waals surface area contributed by atoms with Gasteiger partial charge < -0.3 is 9.15 Å². The molecule has 0 N–H and O–H groups in total. The van der Waals surface area contributed by atoms with Crippen molar-refractivity contribution < 1.29 is 13.9 Å². The van der Waals surface area contributed by atoms with Crippen LogP contribution in [0.4, 0.5) is 0 Å². The Labute approximate surface area is 77.7 Å². The Kier molecular flexibility index (Phi) is 3.55. The summed E-state index contributed by atoms with van der Waals surface area (Å²) < 4.78 is 9.82. The third kappa shape index (κ3) is 2.61. The first kappa shape index (κ1) is 9.84. The zero-order chi connectivity index (χ0) is 9.68. The minimum atomic E-state index is -0.168. The molecule has 1 rings (SSSR count). The van der Waals surface area contributed by atoms with Crippen LogP contribution in [-0.2, 0) is 16.0 Å². The lowest BCUT2D eigenvalue weighted by Crippen LogP contribution is -2.17. The maximum absolute atomic E-state index is 11.2. The summed E-state index contributed by atoms with van der Waals surface area (Å²) in [5.41, 5.74) is 0. The minimum Gasteiger partial charge on any atom is -0.469 e. The van der Waals surface area contributed by atoms with Crippen molar-refractivity contribution in [1.29, 1.82) is 0 Å². The van der Waals surface area contributed by atoms with Crippen LogP contribution in [0.15, 0.2) is 22.8 Å². The van der Waals surface area contributed by atoms with Gasteiger partial charge in [-0.1, -0.05) is 6.92 Å². The first-order valence-corrected chi connectivity index (χ1v) is 4.38. The van der Waals surface area contributed by atoms with E-state index in [2.05, 4.69) is 4.74 Å². The van der Waals surface area contributed by atoms with Crippen LogP contribution in [0, 0.1) is 5.92 Å². The molecule has 0 spiro atoms. The van der Waals surface area contributed by atoms with Crippen LogP contribution in [0.2, 0.25) is 0 Å². The van der Waals surface area contributed by atoms with Gasteiger partial charge in [0.15, 0.2) is 0 Å². The standard InChI is InChI=1S/C10H14O3/c1-3-8(10(11)12-2)7-9-5-4-6-13-9/h4-6,8H,3,7H2,1-2H3. The van der Waals surface area contributed by atoms with E-state index < -0.39 is 0 Å². The SMILES string of the molecule is CCC(Cc1ccco1)C(=O)OC. The molecule has 0 saturated heterocycles. The molecule has 0 aliphatic carbocycles. The number of carbonyl (C=O) groups is 1. The second kappa shape index (κ2) is 4.70. The highest BCUT2D eigenvalue weighted by Gasteiger charge is 2.18. The van der Waals surface area contributed by atoms with Gasteiger partial charge in [0.05, 0.1) is 19.3 Å². The molecule has 72 valence electrons. The minimum absolute atomic E-state index is 0.0869. The Bertz CT molecular complexity index is 251. The second-order valence-corrected chi connectivity index (χ2v) is 2.91. The molecule has 1 heterocycles. The molecule has 0 bridgehead atoms. The lowest BCUT2D eigenvalue weighted by Gasteiger charge is -2.09. The summed E-state index contributed by atoms with van der Waals surface area (Å²) >= 11 is 0. The van der Waals surface area contributed by atoms with Gasteiger partial charge >= 0.3 is 5.97 Å². The molecular formula is C10H14O3. The molecular weight excluding hydrogens is 168 g/mol. The Morgan fingerprint density at radius 2 is 2.46 bits per heavy atom. The maximum atomic E-state index is 11.2. The van der Waals surface area contributed by atoms with E-state index in [9.17, 15) is 4.79 Å². The smallest absolute Gasteiger partial charge is 0.309 e. The van der Waals surface area contributed by atoms with Crippen LogP contribution in [0.25, 0.3) is 0 Å². The van der Waals surface area contributed by atoms with Crippen LogP contribution < -0.4 is 0 Å². The quantitative estimate of drug-likeness (QED) is 0.669. The summed E-state index contributed by atoms with van der Waals surface area (Å²) in [5.74, 6) is 0.576. The fourth-order valence-electron chi connectivity index (χ4n) is 1.23. The molecule has 3 heteroatoms. The number of furan rings is 1. The summed E-state index contributed by atoms with van der Waals surface area (Å²) in [7, 11) is 1.41. The molecule has 0 aliphatic rings. The molecule has 0 amide bonds. The van der Waals surface area contributed by atoms with Crippen molar-refractivity contribution in [2.45, 2.75) is 19.8 Å². The van der Waals surface area contributed by atoms with E-state index in [4.69, 9.17) is 4.42 Å². The van der Waals surface area contributed by atoms with E-state index in [1.165, 1.54) is 7.11 Å². The highest BCUT2D eigenvalue weighted by molar-refractivity contribution is 5.72. The number of carbonyl (C=O) groups excluding carboxylic acids is 1. The summed E-state index contributed by atoms with van der Waals surface area (Å²) in [5, 5.41) is 0. The van der Waals surface area contributed by atoms with E-state index in [0.29, 0.717) is 6.42 Å². The third-order valence-corrected chi connectivity index (χ3v) is 2.06. The van der Waals surface area contributed by atoms with Gasteiger partial charge in [-0.2, -0.15) is 0 Å². The van der Waals surface area contributed by atoms with Gasteiger partial charge in [-0.25, -0.2) is 0 Å². The number of hydrogen-bond acceptors (Lipinski definition) is 3. The van der Waals surface area contributed by atoms with Gasteiger partial charge in [-0.05, 0) is 18.6 Å². The predicted molar refractivity (Wildman–Crippen MR) is 48.2 cm³/mol. The Balaban J connectivity index is 2.54. The molecule has 0 saturated carbocycles. The maximum Gasteiger partial charge on any atom is 0.309 e. The summed E-state index contributed by atoms with van der Waals surface area (Å²) in [4.78, 5) is 11.2. The number of ether oxygens (including phenoxy) is 1. The topological polar surface area (TPSA) is 39.4 Å². The molecule has 1 aromatic heterocycles. The fraction of sp³-hybridized carbons (Fsp3) is 0.500. The van der Waals surface area contributed by atoms with Crippen LogP contribution >= 0.6 is 0 Å². The molecule has 13 heavy (non-hydrogen) atoms. The van der Waals surface area contributed by atoms with E-state index >= 15 is 0 Å². The predicted octanol–water partition coefficient (Wildman–Crippen LogP) is 2.02. The van der Waals surface area contributed by atoms with Crippen LogP contribution in [0.3, 0.4) is 0 Å². The van der Waals surface area contributed by atoms with E-state index in [1.54, 1.807) is 6.26 Å². The molecule has 0 aliphatic heterocycles. The van der Waals surface area contributed by atoms with E-state index in [1.807, 2.05) is 19.1 Å². The van der Waals surface area contributed by atoms with Gasteiger partial charge in [-0.3, -0.25) is 4.79 Å².